The van der Waals surface area contributed by atoms with Gasteiger partial charge in [0, 0.05) is 0 Å². The van der Waals surface area contributed by atoms with E-state index in [1.165, 1.54) is 7.21 Å². The minimum atomic E-state index is -0.635. The van der Waals surface area contributed by atoms with Crippen molar-refractivity contribution >= 4 is 34.7 Å². The Bertz CT molecular complexity index is 447. The Balaban J connectivity index is 4.37. The molecule has 0 radical (unpaired) electrons. The van der Waals surface area contributed by atoms with Gasteiger partial charge in [0.1, 0.15) is 0 Å². The SMILES string of the molecule is CCNC(=O)OCC(COC(=O)NCC)OCCC(C)C(=O)NB=NP. The molecule has 0 aliphatic heterocycles. The predicted molar refractivity (Wildman–Crippen MR) is 99.6 cm³/mol. The molecule has 2 unspecified atom stereocenters. The van der Waals surface area contributed by atoms with Gasteiger partial charge >= 0.3 is 142 Å². The average Bonchev–Trinajstić information content (AvgIpc) is 2.61. The van der Waals surface area contributed by atoms with E-state index in [0.29, 0.717) is 19.5 Å². The van der Waals surface area contributed by atoms with Crippen LogP contribution in [0.4, 0.5) is 9.59 Å². The van der Waals surface area contributed by atoms with Crippen LogP contribution >= 0.6 is 9.39 Å². The van der Waals surface area contributed by atoms with E-state index in [0.717, 1.165) is 0 Å². The van der Waals surface area contributed by atoms with Crippen molar-refractivity contribution < 1.29 is 28.6 Å². The van der Waals surface area contributed by atoms with Gasteiger partial charge in [-0.1, -0.05) is 0 Å². The molecule has 3 N–H and O–H groups in total. The van der Waals surface area contributed by atoms with E-state index in [4.69, 9.17) is 14.2 Å². The molecule has 12 heteroatoms. The molecule has 0 aromatic heterocycles. The monoisotopic (exact) mass is 390 g/mol. The molecular weight excluding hydrogens is 362 g/mol. The van der Waals surface area contributed by atoms with Crippen LogP contribution in [0.15, 0.2) is 4.67 Å². The Kier molecular flexibility index (Phi) is 14.5. The number of nitrogens with zero attached hydrogens (tertiary/aromatic N) is 1. The standard InChI is InChI=1S/C14H28BN4O6P/c1-4-16-13(21)24-8-11(9-25-14(22)17-5-2)23-7-6-10(3)12(20)18-15-19-26/h10-11H,4-9,26H2,1-3H3,(H,16,21)(H,17,22)(H,18,20). The van der Waals surface area contributed by atoms with Crippen molar-refractivity contribution in [2.24, 2.45) is 10.6 Å². The normalized spacial score (nSPS) is 11.6. The molecule has 0 fully saturated rings. The van der Waals surface area contributed by atoms with Gasteiger partial charge < -0.3 is 0 Å². The van der Waals surface area contributed by atoms with Crippen molar-refractivity contribution in [1.82, 2.24) is 15.9 Å². The summed E-state index contributed by atoms with van der Waals surface area (Å²) >= 11 is 0. The van der Waals surface area contributed by atoms with Gasteiger partial charge in [-0.05, 0) is 13.8 Å². The number of carbonyl (C=O) groups is 3. The molecule has 0 spiro atoms. The van der Waals surface area contributed by atoms with Gasteiger partial charge in [-0.3, -0.25) is 0 Å². The molecule has 2 atom stereocenters. The van der Waals surface area contributed by atoms with Crippen LogP contribution < -0.4 is 15.9 Å². The van der Waals surface area contributed by atoms with E-state index in [1.807, 2.05) is 0 Å². The summed E-state index contributed by atoms with van der Waals surface area (Å²) in [6, 6.07) is 0. The zero-order chi connectivity index (χ0) is 19.8. The van der Waals surface area contributed by atoms with Crippen LogP contribution in [-0.4, -0.2) is 64.3 Å². The summed E-state index contributed by atoms with van der Waals surface area (Å²) in [7, 11) is 3.40. The average molecular weight is 390 g/mol. The Morgan fingerprint density at radius 1 is 1.08 bits per heavy atom. The molecule has 0 rings (SSSR count). The molecule has 148 valence electrons. The minimum absolute atomic E-state index is 0.0778. The third-order valence-electron chi connectivity index (χ3n) is 3.08. The van der Waals surface area contributed by atoms with Gasteiger partial charge in [0.15, 0.2) is 0 Å². The number of alkyl carbamates (subject to hydrolysis) is 2. The topological polar surface area (TPSA) is 127 Å². The summed E-state index contributed by atoms with van der Waals surface area (Å²) in [5.74, 6) is -0.485. The first-order chi connectivity index (χ1) is 12.4. The summed E-state index contributed by atoms with van der Waals surface area (Å²) in [5.41, 5.74) is 0. The Labute approximate surface area is 156 Å². The molecule has 0 aliphatic carbocycles. The van der Waals surface area contributed by atoms with Crippen LogP contribution in [0.2, 0.25) is 0 Å². The second-order valence-corrected chi connectivity index (χ2v) is 5.53. The summed E-state index contributed by atoms with van der Waals surface area (Å²) in [5, 5.41) is 7.50. The number of carbonyl (C=O) groups excluding carboxylic acids is 3. The maximum absolute atomic E-state index is 11.7. The molecule has 3 amide bonds. The zero-order valence-electron chi connectivity index (χ0n) is 15.4. The summed E-state index contributed by atoms with van der Waals surface area (Å²) in [6.07, 6.45) is -1.36. The molecule has 0 aliphatic rings. The summed E-state index contributed by atoms with van der Waals surface area (Å²) < 4.78 is 19.2. The maximum atomic E-state index is 11.7. The van der Waals surface area contributed by atoms with E-state index in [9.17, 15) is 14.4 Å². The first kappa shape index (κ1) is 24.3. The van der Waals surface area contributed by atoms with Gasteiger partial charge in [0.05, 0.1) is 0 Å². The van der Waals surface area contributed by atoms with Gasteiger partial charge in [-0.2, -0.15) is 0 Å². The van der Waals surface area contributed by atoms with E-state index in [2.05, 4.69) is 29.9 Å². The third kappa shape index (κ3) is 12.6. The van der Waals surface area contributed by atoms with Gasteiger partial charge in [-0.15, -0.1) is 0 Å². The van der Waals surface area contributed by atoms with Crippen LogP contribution in [0.1, 0.15) is 27.2 Å². The number of nitrogens with one attached hydrogen (secondary N) is 3. The number of hydrogen-bond acceptors (Lipinski definition) is 7. The molecule has 0 aromatic carbocycles. The second-order valence-electron chi connectivity index (χ2n) is 5.23. The molecular formula is C14H28BN4O6P. The van der Waals surface area contributed by atoms with Crippen molar-refractivity contribution in [1.29, 1.82) is 0 Å². The summed E-state index contributed by atoms with van der Waals surface area (Å²) in [4.78, 5) is 34.5. The van der Waals surface area contributed by atoms with E-state index >= 15 is 0 Å². The number of ether oxygens (including phenoxy) is 3. The van der Waals surface area contributed by atoms with Gasteiger partial charge in [-0.25, -0.2) is 0 Å². The fourth-order valence-electron chi connectivity index (χ4n) is 1.66. The first-order valence-electron chi connectivity index (χ1n) is 8.39. The van der Waals surface area contributed by atoms with Crippen molar-refractivity contribution in [2.45, 2.75) is 33.3 Å². The Morgan fingerprint density at radius 3 is 2.08 bits per heavy atom. The molecule has 10 nitrogen and oxygen atoms in total. The molecule has 0 aromatic rings. The fourth-order valence-corrected chi connectivity index (χ4v) is 1.73. The van der Waals surface area contributed by atoms with Crippen molar-refractivity contribution in [2.75, 3.05) is 32.9 Å². The Hall–Kier alpha value is -1.74. The molecule has 26 heavy (non-hydrogen) atoms. The number of rotatable bonds is 12. The van der Waals surface area contributed by atoms with Crippen LogP contribution in [0.3, 0.4) is 0 Å². The third-order valence-corrected chi connectivity index (χ3v) is 3.23. The molecule has 0 saturated heterocycles. The number of hydrogen-bond donors (Lipinski definition) is 3. The molecule has 0 heterocycles. The first-order valence-corrected chi connectivity index (χ1v) is 8.91. The van der Waals surface area contributed by atoms with Crippen molar-refractivity contribution in [3.8, 4) is 0 Å². The van der Waals surface area contributed by atoms with Gasteiger partial charge in [0.2, 0.25) is 0 Å². The van der Waals surface area contributed by atoms with E-state index in [-0.39, 0.29) is 31.6 Å². The Morgan fingerprint density at radius 2 is 1.62 bits per heavy atom. The fraction of sp³-hybridized carbons (Fsp3) is 0.786. The molecule has 0 saturated carbocycles. The van der Waals surface area contributed by atoms with Crippen LogP contribution in [-0.2, 0) is 19.0 Å². The van der Waals surface area contributed by atoms with Crippen LogP contribution in [0, 0.1) is 5.92 Å². The quantitative estimate of drug-likeness (QED) is 0.331. The van der Waals surface area contributed by atoms with Crippen LogP contribution in [0.5, 0.6) is 0 Å². The summed E-state index contributed by atoms with van der Waals surface area (Å²) in [6.45, 7) is 6.23. The number of amides is 3. The van der Waals surface area contributed by atoms with Crippen LogP contribution in [0.25, 0.3) is 0 Å². The van der Waals surface area contributed by atoms with Gasteiger partial charge in [0.25, 0.3) is 0 Å². The zero-order valence-corrected chi connectivity index (χ0v) is 16.6. The molecule has 0 bridgehead atoms. The van der Waals surface area contributed by atoms with E-state index in [1.54, 1.807) is 20.8 Å². The predicted octanol–water partition coefficient (Wildman–Crippen LogP) is 0.599. The second kappa shape index (κ2) is 15.5. The van der Waals surface area contributed by atoms with Crippen molar-refractivity contribution in [3.63, 3.8) is 0 Å². The van der Waals surface area contributed by atoms with E-state index < -0.39 is 18.3 Å². The van der Waals surface area contributed by atoms with Crippen molar-refractivity contribution in [3.05, 3.63) is 0 Å².